The highest BCUT2D eigenvalue weighted by atomic mass is 32.1. The number of carbonyl (C=O) groups excluding carboxylic acids is 2. The minimum absolute atomic E-state index is 0.105. The largest absolute Gasteiger partial charge is 0.451 e. The second kappa shape index (κ2) is 7.08. The van der Waals surface area contributed by atoms with E-state index >= 15 is 0 Å². The van der Waals surface area contributed by atoms with E-state index in [2.05, 4.69) is 0 Å². The van der Waals surface area contributed by atoms with Crippen molar-refractivity contribution in [2.45, 2.75) is 52.1 Å². The predicted octanol–water partition coefficient (Wildman–Crippen LogP) is 2.91. The highest BCUT2D eigenvalue weighted by Crippen LogP contribution is 2.28. The Morgan fingerprint density at radius 3 is 2.52 bits per heavy atom. The fraction of sp³-hybridized carbons (Fsp3) is 0.600. The van der Waals surface area contributed by atoms with E-state index in [0.717, 1.165) is 30.6 Å². The molecule has 2 rings (SSSR count). The van der Waals surface area contributed by atoms with Crippen molar-refractivity contribution >= 4 is 28.9 Å². The van der Waals surface area contributed by atoms with Gasteiger partial charge in [0.15, 0.2) is 6.61 Å². The Labute approximate surface area is 138 Å². The second-order valence-electron chi connectivity index (χ2n) is 5.82. The third kappa shape index (κ3) is 3.87. The van der Waals surface area contributed by atoms with E-state index in [1.165, 1.54) is 6.07 Å². The summed E-state index contributed by atoms with van der Waals surface area (Å²) in [7, 11) is 0. The van der Waals surface area contributed by atoms with Crippen molar-refractivity contribution in [3.05, 3.63) is 25.9 Å². The summed E-state index contributed by atoms with van der Waals surface area (Å²) in [6.07, 6.45) is 2.98. The molecule has 0 N–H and O–H groups in total. The lowest BCUT2D eigenvalue weighted by atomic mass is 9.97. The van der Waals surface area contributed by atoms with Crippen LogP contribution in [0.15, 0.2) is 6.07 Å². The van der Waals surface area contributed by atoms with Gasteiger partial charge in [0.1, 0.15) is 4.88 Å². The molecule has 126 valence electrons. The van der Waals surface area contributed by atoms with Gasteiger partial charge in [-0.1, -0.05) is 0 Å². The molecule has 1 aliphatic rings. The molecule has 1 fully saturated rings. The van der Waals surface area contributed by atoms with Gasteiger partial charge in [0, 0.05) is 18.2 Å². The summed E-state index contributed by atoms with van der Waals surface area (Å²) in [5.74, 6) is -0.919. The Hall–Kier alpha value is -1.96. The van der Waals surface area contributed by atoms with Gasteiger partial charge < -0.3 is 9.64 Å². The summed E-state index contributed by atoms with van der Waals surface area (Å²) >= 11 is 0.998. The molecule has 0 aliphatic carbocycles. The summed E-state index contributed by atoms with van der Waals surface area (Å²) in [5, 5.41) is 10.8. The first-order valence-corrected chi connectivity index (χ1v) is 8.36. The molecule has 0 radical (unpaired) electrons. The summed E-state index contributed by atoms with van der Waals surface area (Å²) in [5.41, 5.74) is -0.105. The zero-order valence-electron chi connectivity index (χ0n) is 13.4. The van der Waals surface area contributed by atoms with Crippen LogP contribution < -0.4 is 0 Å². The van der Waals surface area contributed by atoms with Gasteiger partial charge in [-0.25, -0.2) is 4.79 Å². The number of nitrogens with zero attached hydrogens (tertiary/aromatic N) is 2. The molecule has 0 spiro atoms. The van der Waals surface area contributed by atoms with Gasteiger partial charge in [-0.15, -0.1) is 11.3 Å². The summed E-state index contributed by atoms with van der Waals surface area (Å²) in [4.78, 5) is 36.9. The third-order valence-corrected chi connectivity index (χ3v) is 5.12. The van der Waals surface area contributed by atoms with Crippen molar-refractivity contribution in [1.82, 2.24) is 4.90 Å². The van der Waals surface area contributed by atoms with Crippen LogP contribution in [0.5, 0.6) is 0 Å². The van der Waals surface area contributed by atoms with Crippen LogP contribution in [0.3, 0.4) is 0 Å². The minimum Gasteiger partial charge on any atom is -0.451 e. The Morgan fingerprint density at radius 2 is 2.00 bits per heavy atom. The van der Waals surface area contributed by atoms with E-state index in [1.54, 1.807) is 11.8 Å². The van der Waals surface area contributed by atoms with Crippen LogP contribution in [-0.4, -0.2) is 40.4 Å². The standard InChI is InChI=1S/C15H20N2O5S/c1-9-5-4-6-10(2)16(9)14(18)8-22-15(19)13-7-12(17(20)21)11(3)23-13/h7,9-10H,4-6,8H2,1-3H3. The monoisotopic (exact) mass is 340 g/mol. The predicted molar refractivity (Wildman–Crippen MR) is 85.6 cm³/mol. The van der Waals surface area contributed by atoms with E-state index in [0.29, 0.717) is 4.88 Å². The zero-order chi connectivity index (χ0) is 17.1. The van der Waals surface area contributed by atoms with Crippen molar-refractivity contribution in [1.29, 1.82) is 0 Å². The molecule has 1 aliphatic heterocycles. The van der Waals surface area contributed by atoms with Crippen molar-refractivity contribution < 1.29 is 19.2 Å². The summed E-state index contributed by atoms with van der Waals surface area (Å²) < 4.78 is 5.05. The SMILES string of the molecule is Cc1sc(C(=O)OCC(=O)N2C(C)CCCC2C)cc1[N+](=O)[O-]. The van der Waals surface area contributed by atoms with Crippen LogP contribution in [-0.2, 0) is 9.53 Å². The number of esters is 1. The van der Waals surface area contributed by atoms with Crippen molar-refractivity contribution in [2.75, 3.05) is 6.61 Å². The fourth-order valence-corrected chi connectivity index (χ4v) is 3.82. The van der Waals surface area contributed by atoms with Crippen LogP contribution in [0, 0.1) is 17.0 Å². The molecule has 2 atom stereocenters. The minimum atomic E-state index is -0.697. The summed E-state index contributed by atoms with van der Waals surface area (Å²) in [6.45, 7) is 5.21. The van der Waals surface area contributed by atoms with Crippen LogP contribution in [0.4, 0.5) is 5.69 Å². The summed E-state index contributed by atoms with van der Waals surface area (Å²) in [6, 6.07) is 1.46. The third-order valence-electron chi connectivity index (χ3n) is 4.10. The van der Waals surface area contributed by atoms with Crippen molar-refractivity contribution in [2.24, 2.45) is 0 Å². The van der Waals surface area contributed by atoms with E-state index in [4.69, 9.17) is 4.74 Å². The molecule has 1 aromatic rings. The van der Waals surface area contributed by atoms with Gasteiger partial charge in [0.25, 0.3) is 11.6 Å². The van der Waals surface area contributed by atoms with Crippen molar-refractivity contribution in [3.8, 4) is 0 Å². The highest BCUT2D eigenvalue weighted by Gasteiger charge is 2.30. The maximum absolute atomic E-state index is 12.3. The van der Waals surface area contributed by atoms with Crippen LogP contribution in [0.2, 0.25) is 0 Å². The fourth-order valence-electron chi connectivity index (χ4n) is 2.94. The Morgan fingerprint density at radius 1 is 1.39 bits per heavy atom. The molecule has 23 heavy (non-hydrogen) atoms. The number of ether oxygens (including phenoxy) is 1. The van der Waals surface area contributed by atoms with Crippen LogP contribution in [0.1, 0.15) is 47.7 Å². The molecule has 2 heterocycles. The normalized spacial score (nSPS) is 21.1. The molecule has 0 saturated carbocycles. The van der Waals surface area contributed by atoms with Crippen LogP contribution in [0.25, 0.3) is 0 Å². The van der Waals surface area contributed by atoms with E-state index in [-0.39, 0.29) is 35.2 Å². The van der Waals surface area contributed by atoms with Gasteiger partial charge in [-0.2, -0.15) is 0 Å². The van der Waals surface area contributed by atoms with Crippen LogP contribution >= 0.6 is 11.3 Å². The Bertz CT molecular complexity index is 617. The number of aryl methyl sites for hydroxylation is 1. The second-order valence-corrected chi connectivity index (χ2v) is 7.07. The first-order chi connectivity index (χ1) is 10.8. The topological polar surface area (TPSA) is 89.8 Å². The molecule has 2 unspecified atom stereocenters. The first kappa shape index (κ1) is 17.4. The lowest BCUT2D eigenvalue weighted by molar-refractivity contribution is -0.385. The average Bonchev–Trinajstić information content (AvgIpc) is 2.87. The molecular weight excluding hydrogens is 320 g/mol. The van der Waals surface area contributed by atoms with Gasteiger partial charge in [-0.05, 0) is 40.0 Å². The number of hydrogen-bond acceptors (Lipinski definition) is 6. The van der Waals surface area contributed by atoms with Gasteiger partial charge in [-0.3, -0.25) is 14.9 Å². The molecule has 0 bridgehead atoms. The molecule has 7 nitrogen and oxygen atoms in total. The molecule has 1 saturated heterocycles. The van der Waals surface area contributed by atoms with Gasteiger partial charge >= 0.3 is 5.97 Å². The Kier molecular flexibility index (Phi) is 5.35. The van der Waals surface area contributed by atoms with E-state index in [1.807, 2.05) is 13.8 Å². The average molecular weight is 340 g/mol. The number of thiophene rings is 1. The van der Waals surface area contributed by atoms with Gasteiger partial charge in [0.2, 0.25) is 0 Å². The highest BCUT2D eigenvalue weighted by molar-refractivity contribution is 7.14. The maximum atomic E-state index is 12.3. The number of rotatable bonds is 4. The molecular formula is C15H20N2O5S. The maximum Gasteiger partial charge on any atom is 0.349 e. The molecule has 1 amide bonds. The number of carbonyl (C=O) groups is 2. The number of piperidine rings is 1. The number of nitro groups is 1. The molecule has 0 aromatic carbocycles. The number of likely N-dealkylation sites (tertiary alicyclic amines) is 1. The molecule has 1 aromatic heterocycles. The quantitative estimate of drug-likeness (QED) is 0.477. The first-order valence-electron chi connectivity index (χ1n) is 7.54. The Balaban J connectivity index is 1.97. The van der Waals surface area contributed by atoms with E-state index < -0.39 is 10.9 Å². The lowest BCUT2D eigenvalue weighted by Crippen LogP contribution is -2.49. The van der Waals surface area contributed by atoms with Gasteiger partial charge in [0.05, 0.1) is 9.80 Å². The zero-order valence-corrected chi connectivity index (χ0v) is 14.2. The van der Waals surface area contributed by atoms with E-state index in [9.17, 15) is 19.7 Å². The molecule has 8 heteroatoms. The number of hydrogen-bond donors (Lipinski definition) is 0. The lowest BCUT2D eigenvalue weighted by Gasteiger charge is -2.38. The van der Waals surface area contributed by atoms with Crippen molar-refractivity contribution in [3.63, 3.8) is 0 Å². The number of amides is 1. The smallest absolute Gasteiger partial charge is 0.349 e.